The van der Waals surface area contributed by atoms with E-state index < -0.39 is 17.7 Å². The van der Waals surface area contributed by atoms with E-state index in [0.717, 1.165) is 25.5 Å². The summed E-state index contributed by atoms with van der Waals surface area (Å²) in [6.07, 6.45) is -2.45. The van der Waals surface area contributed by atoms with E-state index in [0.29, 0.717) is 18.7 Å². The lowest BCUT2D eigenvalue weighted by atomic mass is 9.94. The zero-order chi connectivity index (χ0) is 15.5. The molecule has 1 aliphatic heterocycles. The third kappa shape index (κ3) is 4.74. The fraction of sp³-hybridized carbons (Fsp3) is 0.533. The van der Waals surface area contributed by atoms with Gasteiger partial charge in [0.15, 0.2) is 0 Å². The Bertz CT molecular complexity index is 502. The molecule has 2 rings (SSSR count). The number of benzene rings is 1. The van der Waals surface area contributed by atoms with Gasteiger partial charge in [0.05, 0.1) is 5.56 Å². The van der Waals surface area contributed by atoms with Crippen molar-refractivity contribution in [2.24, 2.45) is 5.92 Å². The third-order valence-electron chi connectivity index (χ3n) is 3.73. The van der Waals surface area contributed by atoms with Crippen LogP contribution in [-0.2, 0) is 17.5 Å². The Morgan fingerprint density at radius 3 is 2.81 bits per heavy atom. The Morgan fingerprint density at radius 2 is 2.14 bits per heavy atom. The van der Waals surface area contributed by atoms with E-state index in [-0.39, 0.29) is 12.3 Å². The lowest BCUT2D eigenvalue weighted by Gasteiger charge is -2.32. The molecule has 116 valence electrons. The van der Waals surface area contributed by atoms with Crippen molar-refractivity contribution >= 4 is 5.97 Å². The Labute approximate surface area is 121 Å². The molecule has 3 nitrogen and oxygen atoms in total. The van der Waals surface area contributed by atoms with Crippen LogP contribution in [0.2, 0.25) is 0 Å². The second kappa shape index (κ2) is 6.47. The average molecular weight is 301 g/mol. The van der Waals surface area contributed by atoms with Crippen molar-refractivity contribution in [2.45, 2.75) is 32.0 Å². The molecule has 1 fully saturated rings. The first-order valence-electron chi connectivity index (χ1n) is 6.95. The highest BCUT2D eigenvalue weighted by atomic mass is 19.4. The van der Waals surface area contributed by atoms with E-state index >= 15 is 0 Å². The van der Waals surface area contributed by atoms with Crippen LogP contribution in [0.15, 0.2) is 24.3 Å². The van der Waals surface area contributed by atoms with Crippen molar-refractivity contribution in [3.8, 4) is 0 Å². The number of carboxylic acid groups (broad SMARTS) is 1. The molecular weight excluding hydrogens is 283 g/mol. The van der Waals surface area contributed by atoms with Crippen LogP contribution in [0.3, 0.4) is 0 Å². The van der Waals surface area contributed by atoms with Crippen LogP contribution in [0.4, 0.5) is 13.2 Å². The largest absolute Gasteiger partial charge is 0.481 e. The highest BCUT2D eigenvalue weighted by molar-refractivity contribution is 5.67. The second-order valence-corrected chi connectivity index (χ2v) is 5.54. The van der Waals surface area contributed by atoms with Crippen LogP contribution in [0, 0.1) is 5.92 Å². The maximum absolute atomic E-state index is 12.7. The van der Waals surface area contributed by atoms with Gasteiger partial charge in [0, 0.05) is 19.5 Å². The van der Waals surface area contributed by atoms with Gasteiger partial charge >= 0.3 is 12.1 Å². The van der Waals surface area contributed by atoms with Crippen LogP contribution >= 0.6 is 0 Å². The maximum Gasteiger partial charge on any atom is 0.416 e. The molecule has 0 amide bonds. The van der Waals surface area contributed by atoms with Gasteiger partial charge in [-0.05, 0) is 36.9 Å². The molecule has 0 bridgehead atoms. The Kier molecular flexibility index (Phi) is 4.88. The fourth-order valence-corrected chi connectivity index (χ4v) is 2.81. The minimum atomic E-state index is -4.33. The van der Waals surface area contributed by atoms with E-state index in [9.17, 15) is 18.0 Å². The Balaban J connectivity index is 1.99. The Hall–Kier alpha value is -1.56. The molecule has 21 heavy (non-hydrogen) atoms. The number of hydrogen-bond donors (Lipinski definition) is 1. The van der Waals surface area contributed by atoms with E-state index in [2.05, 4.69) is 0 Å². The molecule has 0 radical (unpaired) electrons. The minimum Gasteiger partial charge on any atom is -0.481 e. The maximum atomic E-state index is 12.7. The van der Waals surface area contributed by atoms with Crippen molar-refractivity contribution in [1.29, 1.82) is 0 Å². The zero-order valence-electron chi connectivity index (χ0n) is 11.6. The number of likely N-dealkylation sites (tertiary alicyclic amines) is 1. The summed E-state index contributed by atoms with van der Waals surface area (Å²) in [7, 11) is 0. The summed E-state index contributed by atoms with van der Waals surface area (Å²) in [6, 6.07) is 5.32. The quantitative estimate of drug-likeness (QED) is 0.926. The summed E-state index contributed by atoms with van der Waals surface area (Å²) < 4.78 is 38.0. The smallest absolute Gasteiger partial charge is 0.416 e. The molecule has 1 aromatic carbocycles. The number of nitrogens with zero attached hydrogens (tertiary/aromatic N) is 1. The van der Waals surface area contributed by atoms with Gasteiger partial charge < -0.3 is 5.11 Å². The molecule has 1 heterocycles. The summed E-state index contributed by atoms with van der Waals surface area (Å²) in [5.74, 6) is -0.733. The Morgan fingerprint density at radius 1 is 1.38 bits per heavy atom. The van der Waals surface area contributed by atoms with E-state index in [1.807, 2.05) is 4.90 Å². The number of hydrogen-bond acceptors (Lipinski definition) is 2. The number of alkyl halides is 3. The van der Waals surface area contributed by atoms with Crippen LogP contribution in [0.1, 0.15) is 30.4 Å². The molecule has 0 saturated carbocycles. The summed E-state index contributed by atoms with van der Waals surface area (Å²) in [6.45, 7) is 1.86. The van der Waals surface area contributed by atoms with Crippen molar-refractivity contribution in [3.63, 3.8) is 0 Å². The average Bonchev–Trinajstić information content (AvgIpc) is 2.37. The lowest BCUT2D eigenvalue weighted by Crippen LogP contribution is -2.35. The number of halogens is 3. The monoisotopic (exact) mass is 301 g/mol. The van der Waals surface area contributed by atoms with Gasteiger partial charge in [-0.2, -0.15) is 13.2 Å². The topological polar surface area (TPSA) is 40.5 Å². The molecule has 0 aliphatic carbocycles. The van der Waals surface area contributed by atoms with Gasteiger partial charge in [-0.3, -0.25) is 9.69 Å². The van der Waals surface area contributed by atoms with Gasteiger partial charge in [-0.1, -0.05) is 18.2 Å². The molecule has 0 spiro atoms. The fourth-order valence-electron chi connectivity index (χ4n) is 2.81. The summed E-state index contributed by atoms with van der Waals surface area (Å²) in [5.41, 5.74) is -0.0279. The number of aliphatic carboxylic acids is 1. The van der Waals surface area contributed by atoms with Gasteiger partial charge in [-0.25, -0.2) is 0 Å². The second-order valence-electron chi connectivity index (χ2n) is 5.54. The molecule has 0 aromatic heterocycles. The molecule has 1 aromatic rings. The predicted molar refractivity (Wildman–Crippen MR) is 71.7 cm³/mol. The first kappa shape index (κ1) is 15.8. The summed E-state index contributed by atoms with van der Waals surface area (Å²) in [5, 5.41) is 8.82. The molecule has 1 aliphatic rings. The first-order valence-corrected chi connectivity index (χ1v) is 6.95. The van der Waals surface area contributed by atoms with Crippen LogP contribution in [0.5, 0.6) is 0 Å². The van der Waals surface area contributed by atoms with Crippen LogP contribution < -0.4 is 0 Å². The van der Waals surface area contributed by atoms with Gasteiger partial charge in [0.1, 0.15) is 0 Å². The van der Waals surface area contributed by atoms with Crippen molar-refractivity contribution in [3.05, 3.63) is 35.4 Å². The highest BCUT2D eigenvalue weighted by Crippen LogP contribution is 2.30. The molecule has 6 heteroatoms. The lowest BCUT2D eigenvalue weighted by molar-refractivity contribution is -0.139. The molecule has 1 saturated heterocycles. The van der Waals surface area contributed by atoms with Crippen LogP contribution in [0.25, 0.3) is 0 Å². The summed E-state index contributed by atoms with van der Waals surface area (Å²) in [4.78, 5) is 12.8. The third-order valence-corrected chi connectivity index (χ3v) is 3.73. The van der Waals surface area contributed by atoms with E-state index in [1.165, 1.54) is 12.1 Å². The van der Waals surface area contributed by atoms with E-state index in [1.54, 1.807) is 6.07 Å². The van der Waals surface area contributed by atoms with Crippen molar-refractivity contribution in [1.82, 2.24) is 4.90 Å². The number of carbonyl (C=O) groups is 1. The summed E-state index contributed by atoms with van der Waals surface area (Å²) >= 11 is 0. The molecular formula is C15H18F3NO2. The predicted octanol–water partition coefficient (Wildman–Crippen LogP) is 3.39. The minimum absolute atomic E-state index is 0.0852. The van der Waals surface area contributed by atoms with Gasteiger partial charge in [0.25, 0.3) is 0 Å². The number of carboxylic acids is 1. The first-order chi connectivity index (χ1) is 9.84. The standard InChI is InChI=1S/C15H18F3NO2/c16-15(17,18)13-5-1-3-11(7-13)9-19-6-2-4-12(10-19)8-14(20)21/h1,3,5,7,12H,2,4,6,8-10H2,(H,20,21). The van der Waals surface area contributed by atoms with Gasteiger partial charge in [0.2, 0.25) is 0 Å². The molecule has 1 unspecified atom stereocenters. The van der Waals surface area contributed by atoms with E-state index in [4.69, 9.17) is 5.11 Å². The van der Waals surface area contributed by atoms with Gasteiger partial charge in [-0.15, -0.1) is 0 Å². The number of rotatable bonds is 4. The molecule has 1 N–H and O–H groups in total. The van der Waals surface area contributed by atoms with Crippen molar-refractivity contribution in [2.75, 3.05) is 13.1 Å². The normalized spacial score (nSPS) is 20.4. The highest BCUT2D eigenvalue weighted by Gasteiger charge is 2.30. The molecule has 1 atom stereocenters. The SMILES string of the molecule is O=C(O)CC1CCCN(Cc2cccc(C(F)(F)F)c2)C1. The van der Waals surface area contributed by atoms with Crippen molar-refractivity contribution < 1.29 is 23.1 Å². The number of piperidine rings is 1. The zero-order valence-corrected chi connectivity index (χ0v) is 11.6. The van der Waals surface area contributed by atoms with Crippen LogP contribution in [-0.4, -0.2) is 29.1 Å².